The van der Waals surface area contributed by atoms with E-state index in [2.05, 4.69) is 12.1 Å². The van der Waals surface area contributed by atoms with Crippen molar-refractivity contribution in [2.45, 2.75) is 46.5 Å². The number of aryl methyl sites for hydroxylation is 4. The lowest BCUT2D eigenvalue weighted by atomic mass is 9.88. The molecular formula is C18H20O2. The minimum absolute atomic E-state index is 0.0882. The smallest absolute Gasteiger partial charge is 0.196 e. The molecule has 0 amide bonds. The van der Waals surface area contributed by atoms with Crippen molar-refractivity contribution in [2.75, 3.05) is 0 Å². The standard InChI is InChI=1S/C18H20O2/c1-11-12(2)20-13(3)17(11)18(19)16-9-8-14-6-4-5-7-15(14)10-16/h8-10H,4-7H2,1-3H3. The summed E-state index contributed by atoms with van der Waals surface area (Å²) in [6.07, 6.45) is 4.73. The quantitative estimate of drug-likeness (QED) is 0.759. The maximum atomic E-state index is 12.7. The molecule has 0 spiro atoms. The minimum atomic E-state index is 0.0882. The van der Waals surface area contributed by atoms with Crippen LogP contribution in [0.25, 0.3) is 0 Å². The van der Waals surface area contributed by atoms with Crippen molar-refractivity contribution in [3.63, 3.8) is 0 Å². The first-order valence-corrected chi connectivity index (χ1v) is 7.31. The van der Waals surface area contributed by atoms with Gasteiger partial charge in [-0.25, -0.2) is 0 Å². The number of hydrogen-bond donors (Lipinski definition) is 0. The van der Waals surface area contributed by atoms with Gasteiger partial charge in [-0.3, -0.25) is 4.79 Å². The molecule has 0 radical (unpaired) electrons. The first-order chi connectivity index (χ1) is 9.58. The van der Waals surface area contributed by atoms with Gasteiger partial charge >= 0.3 is 0 Å². The van der Waals surface area contributed by atoms with Gasteiger partial charge in [0, 0.05) is 11.1 Å². The monoisotopic (exact) mass is 268 g/mol. The molecule has 1 heterocycles. The van der Waals surface area contributed by atoms with Crippen molar-refractivity contribution in [3.8, 4) is 0 Å². The average Bonchev–Trinajstić information content (AvgIpc) is 2.71. The van der Waals surface area contributed by atoms with Crippen molar-refractivity contribution in [2.24, 2.45) is 0 Å². The van der Waals surface area contributed by atoms with E-state index < -0.39 is 0 Å². The Morgan fingerprint density at radius 3 is 2.35 bits per heavy atom. The second-order valence-electron chi connectivity index (χ2n) is 5.73. The summed E-state index contributed by atoms with van der Waals surface area (Å²) in [4.78, 5) is 12.7. The summed E-state index contributed by atoms with van der Waals surface area (Å²) in [6, 6.07) is 6.17. The van der Waals surface area contributed by atoms with Crippen LogP contribution in [0, 0.1) is 20.8 Å². The van der Waals surface area contributed by atoms with Gasteiger partial charge in [0.05, 0.1) is 5.56 Å². The maximum Gasteiger partial charge on any atom is 0.196 e. The number of fused-ring (bicyclic) bond motifs is 1. The fraction of sp³-hybridized carbons (Fsp3) is 0.389. The Bertz CT molecular complexity index is 677. The second-order valence-corrected chi connectivity index (χ2v) is 5.73. The zero-order valence-electron chi connectivity index (χ0n) is 12.4. The average molecular weight is 268 g/mol. The molecule has 1 aromatic carbocycles. The van der Waals surface area contributed by atoms with Crippen molar-refractivity contribution in [3.05, 3.63) is 57.5 Å². The fourth-order valence-corrected chi connectivity index (χ4v) is 3.15. The number of benzene rings is 1. The van der Waals surface area contributed by atoms with Gasteiger partial charge in [-0.1, -0.05) is 12.1 Å². The number of carbonyl (C=O) groups excluding carboxylic acids is 1. The van der Waals surface area contributed by atoms with Gasteiger partial charge in [0.15, 0.2) is 5.78 Å². The highest BCUT2D eigenvalue weighted by molar-refractivity contribution is 6.10. The van der Waals surface area contributed by atoms with Gasteiger partial charge < -0.3 is 4.42 Å². The zero-order chi connectivity index (χ0) is 14.3. The molecule has 2 nitrogen and oxygen atoms in total. The highest BCUT2D eigenvalue weighted by atomic mass is 16.3. The molecule has 0 atom stereocenters. The molecule has 104 valence electrons. The summed E-state index contributed by atoms with van der Waals surface area (Å²) < 4.78 is 5.58. The first kappa shape index (κ1) is 13.2. The third-order valence-electron chi connectivity index (χ3n) is 4.40. The van der Waals surface area contributed by atoms with Gasteiger partial charge in [0.1, 0.15) is 11.5 Å². The van der Waals surface area contributed by atoms with Gasteiger partial charge in [0.25, 0.3) is 0 Å². The maximum absolute atomic E-state index is 12.7. The van der Waals surface area contributed by atoms with Crippen molar-refractivity contribution in [1.29, 1.82) is 0 Å². The lowest BCUT2D eigenvalue weighted by molar-refractivity contribution is 0.103. The summed E-state index contributed by atoms with van der Waals surface area (Å²) >= 11 is 0. The van der Waals surface area contributed by atoms with Gasteiger partial charge in [0.2, 0.25) is 0 Å². The van der Waals surface area contributed by atoms with Crippen molar-refractivity contribution < 1.29 is 9.21 Å². The molecule has 2 aromatic rings. The summed E-state index contributed by atoms with van der Waals surface area (Å²) in [5.74, 6) is 1.65. The molecular weight excluding hydrogens is 248 g/mol. The third-order valence-corrected chi connectivity index (χ3v) is 4.40. The highest BCUT2D eigenvalue weighted by Crippen LogP contribution is 2.27. The molecule has 0 aliphatic heterocycles. The first-order valence-electron chi connectivity index (χ1n) is 7.31. The van der Waals surface area contributed by atoms with Crippen LogP contribution in [-0.4, -0.2) is 5.78 Å². The van der Waals surface area contributed by atoms with E-state index in [9.17, 15) is 4.79 Å². The highest BCUT2D eigenvalue weighted by Gasteiger charge is 2.21. The largest absolute Gasteiger partial charge is 0.466 e. The van der Waals surface area contributed by atoms with Gasteiger partial charge in [-0.2, -0.15) is 0 Å². The van der Waals surface area contributed by atoms with Crippen LogP contribution in [0.1, 0.15) is 57.0 Å². The van der Waals surface area contributed by atoms with E-state index in [-0.39, 0.29) is 5.78 Å². The van der Waals surface area contributed by atoms with E-state index in [1.807, 2.05) is 26.8 Å². The number of hydrogen-bond acceptors (Lipinski definition) is 2. The van der Waals surface area contributed by atoms with Crippen LogP contribution in [0.4, 0.5) is 0 Å². The number of carbonyl (C=O) groups is 1. The van der Waals surface area contributed by atoms with Crippen LogP contribution in [0.15, 0.2) is 22.6 Å². The second kappa shape index (κ2) is 4.93. The molecule has 0 N–H and O–H groups in total. The van der Waals surface area contributed by atoms with Crippen LogP contribution >= 0.6 is 0 Å². The lowest BCUT2D eigenvalue weighted by Gasteiger charge is -2.16. The predicted octanol–water partition coefficient (Wildman–Crippen LogP) is 4.31. The molecule has 0 fully saturated rings. The van der Waals surface area contributed by atoms with Crippen LogP contribution in [-0.2, 0) is 12.8 Å². The molecule has 1 aliphatic rings. The Labute approximate surface area is 119 Å². The van der Waals surface area contributed by atoms with Gasteiger partial charge in [-0.05, 0) is 63.6 Å². The number of furan rings is 1. The number of ketones is 1. The molecule has 0 saturated heterocycles. The molecule has 1 aliphatic carbocycles. The zero-order valence-corrected chi connectivity index (χ0v) is 12.4. The molecule has 20 heavy (non-hydrogen) atoms. The summed E-state index contributed by atoms with van der Waals surface area (Å²) in [5.41, 5.74) is 5.24. The Hall–Kier alpha value is -1.83. The van der Waals surface area contributed by atoms with Crippen LogP contribution in [0.2, 0.25) is 0 Å². The van der Waals surface area contributed by atoms with E-state index in [4.69, 9.17) is 4.42 Å². The van der Waals surface area contributed by atoms with E-state index in [0.29, 0.717) is 0 Å². The molecule has 2 heteroatoms. The Balaban J connectivity index is 2.02. The molecule has 0 unspecified atom stereocenters. The van der Waals surface area contributed by atoms with E-state index >= 15 is 0 Å². The summed E-state index contributed by atoms with van der Waals surface area (Å²) in [6.45, 7) is 5.73. The molecule has 0 bridgehead atoms. The molecule has 1 aromatic heterocycles. The third kappa shape index (κ3) is 2.09. The SMILES string of the molecule is Cc1oc(C)c(C(=O)c2ccc3c(c2)CCCC3)c1C. The summed E-state index contributed by atoms with van der Waals surface area (Å²) in [5, 5.41) is 0. The lowest BCUT2D eigenvalue weighted by Crippen LogP contribution is -2.08. The van der Waals surface area contributed by atoms with Gasteiger partial charge in [-0.15, -0.1) is 0 Å². The van der Waals surface area contributed by atoms with E-state index in [1.54, 1.807) is 0 Å². The Morgan fingerprint density at radius 1 is 1.00 bits per heavy atom. The van der Waals surface area contributed by atoms with Crippen LogP contribution < -0.4 is 0 Å². The van der Waals surface area contributed by atoms with E-state index in [0.717, 1.165) is 41.1 Å². The van der Waals surface area contributed by atoms with Crippen LogP contribution in [0.5, 0.6) is 0 Å². The van der Waals surface area contributed by atoms with Crippen molar-refractivity contribution >= 4 is 5.78 Å². The predicted molar refractivity (Wildman–Crippen MR) is 79.4 cm³/mol. The summed E-state index contributed by atoms with van der Waals surface area (Å²) in [7, 11) is 0. The molecule has 3 rings (SSSR count). The fourth-order valence-electron chi connectivity index (χ4n) is 3.15. The Kier molecular flexibility index (Phi) is 3.25. The topological polar surface area (TPSA) is 30.2 Å². The van der Waals surface area contributed by atoms with Crippen LogP contribution in [0.3, 0.4) is 0 Å². The Morgan fingerprint density at radius 2 is 1.70 bits per heavy atom. The minimum Gasteiger partial charge on any atom is -0.466 e. The van der Waals surface area contributed by atoms with Crippen molar-refractivity contribution in [1.82, 2.24) is 0 Å². The number of rotatable bonds is 2. The van der Waals surface area contributed by atoms with E-state index in [1.165, 1.54) is 24.0 Å². The normalized spacial score (nSPS) is 14.2. The molecule has 0 saturated carbocycles.